The Bertz CT molecular complexity index is 1110. The van der Waals surface area contributed by atoms with Gasteiger partial charge in [-0.15, -0.1) is 17.9 Å². The third-order valence-corrected chi connectivity index (χ3v) is 5.31. The quantitative estimate of drug-likeness (QED) is 0.371. The van der Waals surface area contributed by atoms with Gasteiger partial charge in [-0.25, -0.2) is 9.07 Å². The number of halogens is 1. The first kappa shape index (κ1) is 21.5. The number of hydrogen-bond acceptors (Lipinski definition) is 5. The van der Waals surface area contributed by atoms with Gasteiger partial charge in [-0.3, -0.25) is 4.99 Å². The molecule has 3 rings (SSSR count). The van der Waals surface area contributed by atoms with Crippen molar-refractivity contribution in [1.29, 1.82) is 0 Å². The standard InChI is InChI=1S/C23H24FN3O2S/c1-5-13-25-23-27(26-20(6-2)16-7-9-17(24)10-8-16)21(15-30-23)19-14-18(28-3)11-12-22(19)29-4/h5,7-12,14-15H,1,6,13H2,2-4H3. The van der Waals surface area contributed by atoms with Crippen molar-refractivity contribution in [2.24, 2.45) is 10.1 Å². The summed E-state index contributed by atoms with van der Waals surface area (Å²) in [6, 6.07) is 12.0. The van der Waals surface area contributed by atoms with Gasteiger partial charge in [0.2, 0.25) is 4.80 Å². The summed E-state index contributed by atoms with van der Waals surface area (Å²) in [5, 5.41) is 6.88. The second-order valence-electron chi connectivity index (χ2n) is 6.32. The van der Waals surface area contributed by atoms with E-state index in [2.05, 4.69) is 11.6 Å². The van der Waals surface area contributed by atoms with E-state index in [1.165, 1.54) is 23.5 Å². The molecule has 1 heterocycles. The van der Waals surface area contributed by atoms with Gasteiger partial charge < -0.3 is 9.47 Å². The van der Waals surface area contributed by atoms with Crippen molar-refractivity contribution >= 4 is 17.0 Å². The predicted molar refractivity (Wildman–Crippen MR) is 120 cm³/mol. The minimum absolute atomic E-state index is 0.277. The molecule has 0 aliphatic heterocycles. The number of rotatable bonds is 8. The van der Waals surface area contributed by atoms with Crippen molar-refractivity contribution in [3.05, 3.63) is 76.7 Å². The Morgan fingerprint density at radius 3 is 2.57 bits per heavy atom. The number of ether oxygens (including phenoxy) is 2. The van der Waals surface area contributed by atoms with Gasteiger partial charge >= 0.3 is 0 Å². The molecule has 0 aliphatic rings. The van der Waals surface area contributed by atoms with E-state index in [9.17, 15) is 4.39 Å². The van der Waals surface area contributed by atoms with Crippen molar-refractivity contribution in [3.8, 4) is 22.8 Å². The zero-order valence-corrected chi connectivity index (χ0v) is 18.1. The van der Waals surface area contributed by atoms with E-state index in [0.29, 0.717) is 24.5 Å². The van der Waals surface area contributed by atoms with Crippen LogP contribution in [0.5, 0.6) is 11.5 Å². The van der Waals surface area contributed by atoms with Crippen molar-refractivity contribution in [2.75, 3.05) is 20.8 Å². The van der Waals surface area contributed by atoms with Crippen molar-refractivity contribution in [2.45, 2.75) is 13.3 Å². The van der Waals surface area contributed by atoms with Gasteiger partial charge in [-0.05, 0) is 42.3 Å². The molecule has 0 aliphatic carbocycles. The fourth-order valence-electron chi connectivity index (χ4n) is 2.94. The number of benzene rings is 2. The number of aromatic nitrogens is 1. The SMILES string of the molecule is C=CCN=c1scc(-c2cc(OC)ccc2OC)n1N=C(CC)c1ccc(F)cc1. The lowest BCUT2D eigenvalue weighted by molar-refractivity contribution is 0.404. The molecule has 0 fully saturated rings. The van der Waals surface area contributed by atoms with Crippen LogP contribution in [-0.4, -0.2) is 31.2 Å². The van der Waals surface area contributed by atoms with Gasteiger partial charge in [-0.2, -0.15) is 5.10 Å². The molecule has 0 N–H and O–H groups in total. The van der Waals surface area contributed by atoms with E-state index in [1.54, 1.807) is 37.1 Å². The molecule has 0 saturated heterocycles. The molecule has 0 atom stereocenters. The summed E-state index contributed by atoms with van der Waals surface area (Å²) >= 11 is 1.48. The molecular weight excluding hydrogens is 401 g/mol. The Morgan fingerprint density at radius 1 is 1.17 bits per heavy atom. The Hall–Kier alpha value is -3.19. The van der Waals surface area contributed by atoms with Gasteiger partial charge in [-0.1, -0.05) is 25.1 Å². The van der Waals surface area contributed by atoms with Crippen LogP contribution < -0.4 is 14.3 Å². The normalized spacial score (nSPS) is 12.1. The highest BCUT2D eigenvalue weighted by Crippen LogP contribution is 2.33. The minimum atomic E-state index is -0.277. The van der Waals surface area contributed by atoms with Gasteiger partial charge in [0, 0.05) is 10.9 Å². The molecule has 30 heavy (non-hydrogen) atoms. The molecule has 3 aromatic rings. The fourth-order valence-corrected chi connectivity index (χ4v) is 3.77. The van der Waals surface area contributed by atoms with E-state index < -0.39 is 0 Å². The summed E-state index contributed by atoms with van der Waals surface area (Å²) < 4.78 is 26.2. The molecule has 7 heteroatoms. The molecule has 0 bridgehead atoms. The molecule has 0 radical (unpaired) electrons. The topological polar surface area (TPSA) is 48.1 Å². The average Bonchev–Trinajstić information content (AvgIpc) is 3.18. The van der Waals surface area contributed by atoms with E-state index in [1.807, 2.05) is 30.5 Å². The molecule has 2 aromatic carbocycles. The van der Waals surface area contributed by atoms with Crippen molar-refractivity contribution in [3.63, 3.8) is 0 Å². The lowest BCUT2D eigenvalue weighted by Gasteiger charge is -2.12. The van der Waals surface area contributed by atoms with Crippen LogP contribution in [0.15, 0.2) is 70.6 Å². The van der Waals surface area contributed by atoms with Crippen LogP contribution in [0, 0.1) is 5.82 Å². The molecule has 156 valence electrons. The number of nitrogens with zero attached hydrogens (tertiary/aromatic N) is 3. The molecule has 5 nitrogen and oxygen atoms in total. The maximum Gasteiger partial charge on any atom is 0.206 e. The Kier molecular flexibility index (Phi) is 7.19. The van der Waals surface area contributed by atoms with Crippen LogP contribution in [0.2, 0.25) is 0 Å². The molecule has 1 aromatic heterocycles. The summed E-state index contributed by atoms with van der Waals surface area (Å²) in [6.07, 6.45) is 2.41. The number of methoxy groups -OCH3 is 2. The van der Waals surface area contributed by atoms with E-state index in [0.717, 1.165) is 27.3 Å². The van der Waals surface area contributed by atoms with E-state index in [-0.39, 0.29) is 5.82 Å². The highest BCUT2D eigenvalue weighted by atomic mass is 32.1. The smallest absolute Gasteiger partial charge is 0.206 e. The molecule has 0 saturated carbocycles. The van der Waals surface area contributed by atoms with E-state index >= 15 is 0 Å². The Labute approximate surface area is 179 Å². The van der Waals surface area contributed by atoms with E-state index in [4.69, 9.17) is 14.6 Å². The summed E-state index contributed by atoms with van der Waals surface area (Å²) in [5.41, 5.74) is 3.34. The largest absolute Gasteiger partial charge is 0.497 e. The summed E-state index contributed by atoms with van der Waals surface area (Å²) in [6.45, 7) is 6.24. The van der Waals surface area contributed by atoms with Crippen LogP contribution in [0.3, 0.4) is 0 Å². The first-order valence-electron chi connectivity index (χ1n) is 9.49. The third-order valence-electron chi connectivity index (χ3n) is 4.46. The average molecular weight is 426 g/mol. The lowest BCUT2D eigenvalue weighted by Crippen LogP contribution is -2.15. The van der Waals surface area contributed by atoms with Crippen molar-refractivity contribution in [1.82, 2.24) is 4.68 Å². The van der Waals surface area contributed by atoms with Crippen LogP contribution in [0.1, 0.15) is 18.9 Å². The van der Waals surface area contributed by atoms with Crippen LogP contribution in [-0.2, 0) is 0 Å². The Morgan fingerprint density at radius 2 is 1.93 bits per heavy atom. The lowest BCUT2D eigenvalue weighted by atomic mass is 10.1. The Balaban J connectivity index is 2.24. The summed E-state index contributed by atoms with van der Waals surface area (Å²) in [5.74, 6) is 1.14. The summed E-state index contributed by atoms with van der Waals surface area (Å²) in [7, 11) is 3.25. The molecule has 0 amide bonds. The zero-order chi connectivity index (χ0) is 21.5. The second kappa shape index (κ2) is 10.0. The highest BCUT2D eigenvalue weighted by Gasteiger charge is 2.15. The number of thiazole rings is 1. The monoisotopic (exact) mass is 425 g/mol. The first-order valence-corrected chi connectivity index (χ1v) is 10.4. The van der Waals surface area contributed by atoms with Crippen LogP contribution >= 0.6 is 11.3 Å². The molecule has 0 unspecified atom stereocenters. The van der Waals surface area contributed by atoms with Crippen LogP contribution in [0.25, 0.3) is 11.3 Å². The van der Waals surface area contributed by atoms with Gasteiger partial charge in [0.05, 0.1) is 32.2 Å². The second-order valence-corrected chi connectivity index (χ2v) is 7.15. The third kappa shape index (κ3) is 4.68. The maximum atomic E-state index is 13.4. The summed E-state index contributed by atoms with van der Waals surface area (Å²) in [4.78, 5) is 5.31. The van der Waals surface area contributed by atoms with Gasteiger partial charge in [0.25, 0.3) is 0 Å². The highest BCUT2D eigenvalue weighted by molar-refractivity contribution is 7.07. The fraction of sp³-hybridized carbons (Fsp3) is 0.217. The first-order chi connectivity index (χ1) is 14.6. The molecular formula is C23H24FN3O2S. The predicted octanol–water partition coefficient (Wildman–Crippen LogP) is 5.12. The maximum absolute atomic E-state index is 13.4. The van der Waals surface area contributed by atoms with Crippen LogP contribution in [0.4, 0.5) is 4.39 Å². The van der Waals surface area contributed by atoms with Gasteiger partial charge in [0.15, 0.2) is 0 Å². The van der Waals surface area contributed by atoms with Gasteiger partial charge in [0.1, 0.15) is 17.3 Å². The minimum Gasteiger partial charge on any atom is -0.497 e. The number of hydrogen-bond donors (Lipinski definition) is 0. The molecule has 0 spiro atoms. The van der Waals surface area contributed by atoms with Crippen molar-refractivity contribution < 1.29 is 13.9 Å². The zero-order valence-electron chi connectivity index (χ0n) is 17.3.